The van der Waals surface area contributed by atoms with Gasteiger partial charge in [-0.25, -0.2) is 4.79 Å². The summed E-state index contributed by atoms with van der Waals surface area (Å²) in [6.07, 6.45) is -1.17. The first-order chi connectivity index (χ1) is 13.6. The summed E-state index contributed by atoms with van der Waals surface area (Å²) in [5, 5.41) is 10.1. The molecule has 0 saturated carbocycles. The molecule has 6 heteroatoms. The second-order valence-electron chi connectivity index (χ2n) is 6.40. The lowest BCUT2D eigenvalue weighted by Crippen LogP contribution is -2.34. The molecule has 0 saturated heterocycles. The third-order valence-corrected chi connectivity index (χ3v) is 4.12. The van der Waals surface area contributed by atoms with Gasteiger partial charge in [0, 0.05) is 13.1 Å². The van der Waals surface area contributed by atoms with Gasteiger partial charge in [0.2, 0.25) is 0 Å². The second-order valence-corrected chi connectivity index (χ2v) is 6.40. The Morgan fingerprint density at radius 3 is 2.18 bits per heavy atom. The SMILES string of the molecule is CCOC(=O)C[C@@H](O)CCN(Cc1ccccc1)C(=O)OCc1ccccc1. The first kappa shape index (κ1) is 21.4. The highest BCUT2D eigenvalue weighted by atomic mass is 16.6. The highest BCUT2D eigenvalue weighted by Gasteiger charge is 2.19. The molecular weight excluding hydrogens is 358 g/mol. The summed E-state index contributed by atoms with van der Waals surface area (Å²) in [6.45, 7) is 2.80. The van der Waals surface area contributed by atoms with E-state index in [1.54, 1.807) is 6.92 Å². The maximum atomic E-state index is 12.6. The van der Waals surface area contributed by atoms with E-state index in [1.807, 2.05) is 60.7 Å². The van der Waals surface area contributed by atoms with Crippen molar-refractivity contribution < 1.29 is 24.2 Å². The van der Waals surface area contributed by atoms with E-state index in [0.29, 0.717) is 6.54 Å². The number of carbonyl (C=O) groups excluding carboxylic acids is 2. The molecule has 0 aliphatic carbocycles. The lowest BCUT2D eigenvalue weighted by atomic mass is 10.1. The molecule has 0 radical (unpaired) electrons. The summed E-state index contributed by atoms with van der Waals surface area (Å²) in [5.74, 6) is -0.448. The molecule has 1 N–H and O–H groups in total. The molecule has 0 aromatic heterocycles. The average Bonchev–Trinajstić information content (AvgIpc) is 2.71. The number of aliphatic hydroxyl groups excluding tert-OH is 1. The van der Waals surface area contributed by atoms with E-state index in [-0.39, 0.29) is 32.6 Å². The minimum Gasteiger partial charge on any atom is -0.466 e. The molecule has 0 fully saturated rings. The fraction of sp³-hybridized carbons (Fsp3) is 0.364. The van der Waals surface area contributed by atoms with Crippen LogP contribution in [0.1, 0.15) is 30.9 Å². The van der Waals surface area contributed by atoms with Crippen LogP contribution >= 0.6 is 0 Å². The molecular formula is C22H27NO5. The second kappa shape index (κ2) is 11.8. The maximum Gasteiger partial charge on any atom is 0.410 e. The van der Waals surface area contributed by atoms with Crippen molar-refractivity contribution >= 4 is 12.1 Å². The van der Waals surface area contributed by atoms with Crippen molar-refractivity contribution in [3.8, 4) is 0 Å². The normalized spacial score (nSPS) is 11.5. The van der Waals surface area contributed by atoms with Crippen LogP contribution in [0.3, 0.4) is 0 Å². The van der Waals surface area contributed by atoms with Crippen LogP contribution in [0.15, 0.2) is 60.7 Å². The number of hydrogen-bond acceptors (Lipinski definition) is 5. The van der Waals surface area contributed by atoms with Crippen molar-refractivity contribution in [2.45, 2.75) is 39.0 Å². The molecule has 2 aromatic rings. The summed E-state index contributed by atoms with van der Waals surface area (Å²) in [5.41, 5.74) is 1.86. The van der Waals surface area contributed by atoms with E-state index in [4.69, 9.17) is 9.47 Å². The quantitative estimate of drug-likeness (QED) is 0.633. The number of amides is 1. The number of esters is 1. The van der Waals surface area contributed by atoms with Crippen LogP contribution in [0.4, 0.5) is 4.79 Å². The minimum absolute atomic E-state index is 0.0912. The van der Waals surface area contributed by atoms with Crippen LogP contribution in [-0.2, 0) is 27.4 Å². The van der Waals surface area contributed by atoms with Crippen molar-refractivity contribution in [3.05, 3.63) is 71.8 Å². The molecule has 0 heterocycles. The highest BCUT2D eigenvalue weighted by Crippen LogP contribution is 2.11. The summed E-state index contributed by atoms with van der Waals surface area (Å²) < 4.78 is 10.3. The van der Waals surface area contributed by atoms with Crippen LogP contribution in [-0.4, -0.2) is 41.3 Å². The number of carbonyl (C=O) groups is 2. The predicted molar refractivity (Wildman–Crippen MR) is 105 cm³/mol. The number of aliphatic hydroxyl groups is 1. The lowest BCUT2D eigenvalue weighted by Gasteiger charge is -2.23. The monoisotopic (exact) mass is 385 g/mol. The fourth-order valence-corrected chi connectivity index (χ4v) is 2.67. The van der Waals surface area contributed by atoms with Crippen LogP contribution in [0.2, 0.25) is 0 Å². The Balaban J connectivity index is 1.93. The van der Waals surface area contributed by atoms with Gasteiger partial charge in [-0.05, 0) is 24.5 Å². The number of nitrogens with zero attached hydrogens (tertiary/aromatic N) is 1. The standard InChI is InChI=1S/C22H27NO5/c1-2-27-21(25)15-20(24)13-14-23(16-18-9-5-3-6-10-18)22(26)28-17-19-11-7-4-8-12-19/h3-12,20,24H,2,13-17H2,1H3/t20-/m0/s1. The summed E-state index contributed by atoms with van der Waals surface area (Å²) in [7, 11) is 0. The Bertz CT molecular complexity index is 720. The number of hydrogen-bond donors (Lipinski definition) is 1. The Morgan fingerprint density at radius 2 is 1.57 bits per heavy atom. The van der Waals surface area contributed by atoms with Crippen molar-refractivity contribution in [2.24, 2.45) is 0 Å². The number of benzene rings is 2. The zero-order valence-corrected chi connectivity index (χ0v) is 16.1. The van der Waals surface area contributed by atoms with E-state index in [1.165, 1.54) is 4.90 Å². The topological polar surface area (TPSA) is 76.1 Å². The fourth-order valence-electron chi connectivity index (χ4n) is 2.67. The van der Waals surface area contributed by atoms with E-state index < -0.39 is 18.2 Å². The molecule has 1 amide bonds. The van der Waals surface area contributed by atoms with Gasteiger partial charge in [0.15, 0.2) is 0 Å². The molecule has 150 valence electrons. The predicted octanol–water partition coefficient (Wildman–Crippen LogP) is 3.53. The summed E-state index contributed by atoms with van der Waals surface area (Å²) in [6, 6.07) is 19.0. The van der Waals surface area contributed by atoms with Gasteiger partial charge in [-0.2, -0.15) is 0 Å². The van der Waals surface area contributed by atoms with Crippen LogP contribution in [0, 0.1) is 0 Å². The highest BCUT2D eigenvalue weighted by molar-refractivity contribution is 5.70. The smallest absolute Gasteiger partial charge is 0.410 e. The van der Waals surface area contributed by atoms with Gasteiger partial charge in [0.05, 0.1) is 19.1 Å². The largest absolute Gasteiger partial charge is 0.466 e. The van der Waals surface area contributed by atoms with Crippen molar-refractivity contribution in [1.29, 1.82) is 0 Å². The van der Waals surface area contributed by atoms with Gasteiger partial charge in [0.1, 0.15) is 6.61 Å². The summed E-state index contributed by atoms with van der Waals surface area (Å²) in [4.78, 5) is 25.6. The Kier molecular flexibility index (Phi) is 9.01. The van der Waals surface area contributed by atoms with Crippen molar-refractivity contribution in [2.75, 3.05) is 13.2 Å². The molecule has 1 atom stereocenters. The minimum atomic E-state index is -0.876. The van der Waals surface area contributed by atoms with Crippen molar-refractivity contribution in [3.63, 3.8) is 0 Å². The maximum absolute atomic E-state index is 12.6. The van der Waals surface area contributed by atoms with Crippen LogP contribution in [0.25, 0.3) is 0 Å². The number of rotatable bonds is 10. The van der Waals surface area contributed by atoms with Gasteiger partial charge < -0.3 is 19.5 Å². The van der Waals surface area contributed by atoms with E-state index in [0.717, 1.165) is 11.1 Å². The van der Waals surface area contributed by atoms with Gasteiger partial charge >= 0.3 is 12.1 Å². The molecule has 0 aliphatic rings. The van der Waals surface area contributed by atoms with Gasteiger partial charge in [-0.1, -0.05) is 60.7 Å². The Morgan fingerprint density at radius 1 is 0.964 bits per heavy atom. The molecule has 28 heavy (non-hydrogen) atoms. The average molecular weight is 385 g/mol. The molecule has 0 bridgehead atoms. The Labute approximate surface area is 165 Å². The molecule has 2 rings (SSSR count). The van der Waals surface area contributed by atoms with Crippen molar-refractivity contribution in [1.82, 2.24) is 4.90 Å². The van der Waals surface area contributed by atoms with Gasteiger partial charge in [0.25, 0.3) is 0 Å². The third-order valence-electron chi connectivity index (χ3n) is 4.12. The zero-order chi connectivity index (χ0) is 20.2. The van der Waals surface area contributed by atoms with E-state index in [9.17, 15) is 14.7 Å². The van der Waals surface area contributed by atoms with E-state index in [2.05, 4.69) is 0 Å². The number of ether oxygens (including phenoxy) is 2. The van der Waals surface area contributed by atoms with E-state index >= 15 is 0 Å². The van der Waals surface area contributed by atoms with Gasteiger partial charge in [-0.3, -0.25) is 4.79 Å². The molecule has 0 unspecified atom stereocenters. The zero-order valence-electron chi connectivity index (χ0n) is 16.1. The third kappa shape index (κ3) is 7.80. The Hall–Kier alpha value is -2.86. The summed E-state index contributed by atoms with van der Waals surface area (Å²) >= 11 is 0. The van der Waals surface area contributed by atoms with Gasteiger partial charge in [-0.15, -0.1) is 0 Å². The first-order valence-electron chi connectivity index (χ1n) is 9.41. The van der Waals surface area contributed by atoms with Crippen LogP contribution < -0.4 is 0 Å². The lowest BCUT2D eigenvalue weighted by molar-refractivity contribution is -0.145. The molecule has 2 aromatic carbocycles. The van der Waals surface area contributed by atoms with Crippen LogP contribution in [0.5, 0.6) is 0 Å². The molecule has 6 nitrogen and oxygen atoms in total. The first-order valence-corrected chi connectivity index (χ1v) is 9.41. The molecule has 0 spiro atoms. The molecule has 0 aliphatic heterocycles.